The molecule has 0 aliphatic carbocycles. The highest BCUT2D eigenvalue weighted by atomic mass is 32.2. The number of nitrogens with one attached hydrogen (secondary N) is 1. The van der Waals surface area contributed by atoms with E-state index in [4.69, 9.17) is 0 Å². The van der Waals surface area contributed by atoms with Crippen molar-refractivity contribution in [3.8, 4) is 0 Å². The summed E-state index contributed by atoms with van der Waals surface area (Å²) in [4.78, 5) is 12.6. The molecule has 6 heteroatoms. The lowest BCUT2D eigenvalue weighted by Gasteiger charge is -2.31. The minimum Gasteiger partial charge on any atom is -0.353 e. The van der Waals surface area contributed by atoms with Crippen LogP contribution in [0, 0.1) is 18.8 Å². The molecule has 1 aromatic carbocycles. The molecule has 1 amide bonds. The fourth-order valence-electron chi connectivity index (χ4n) is 2.73. The van der Waals surface area contributed by atoms with Gasteiger partial charge in [-0.3, -0.25) is 4.79 Å². The molecule has 0 aromatic heterocycles. The first-order valence-electron chi connectivity index (χ1n) is 8.59. The molecule has 1 saturated heterocycles. The zero-order chi connectivity index (χ0) is 17.9. The van der Waals surface area contributed by atoms with E-state index >= 15 is 0 Å². The van der Waals surface area contributed by atoms with E-state index in [0.29, 0.717) is 36.7 Å². The highest BCUT2D eigenvalue weighted by Gasteiger charge is 2.32. The van der Waals surface area contributed by atoms with E-state index in [1.807, 2.05) is 13.8 Å². The number of nitrogens with zero attached hydrogens (tertiary/aromatic N) is 1. The van der Waals surface area contributed by atoms with Crippen molar-refractivity contribution in [1.29, 1.82) is 0 Å². The summed E-state index contributed by atoms with van der Waals surface area (Å²) in [6.07, 6.45) is 1.14. The first-order chi connectivity index (χ1) is 11.2. The van der Waals surface area contributed by atoms with Gasteiger partial charge in [0, 0.05) is 25.0 Å². The zero-order valence-corrected chi connectivity index (χ0v) is 15.8. The second-order valence-corrected chi connectivity index (χ2v) is 8.97. The Morgan fingerprint density at radius 3 is 2.17 bits per heavy atom. The molecule has 0 spiro atoms. The molecule has 134 valence electrons. The Labute approximate surface area is 145 Å². The molecular formula is C18H28N2O3S. The van der Waals surface area contributed by atoms with Crippen LogP contribution in [0.4, 0.5) is 0 Å². The maximum absolute atomic E-state index is 12.7. The first-order valence-corrected chi connectivity index (χ1v) is 10.0. The largest absolute Gasteiger partial charge is 0.353 e. The Morgan fingerprint density at radius 1 is 1.12 bits per heavy atom. The van der Waals surface area contributed by atoms with E-state index in [1.165, 1.54) is 4.31 Å². The minimum atomic E-state index is -3.46. The molecule has 2 rings (SSSR count). The van der Waals surface area contributed by atoms with Gasteiger partial charge in [-0.15, -0.1) is 0 Å². The molecule has 5 nitrogen and oxygen atoms in total. The second kappa shape index (κ2) is 7.66. The number of hydrogen-bond acceptors (Lipinski definition) is 3. The first kappa shape index (κ1) is 18.9. The number of rotatable bonds is 5. The molecule has 1 aliphatic rings. The van der Waals surface area contributed by atoms with Crippen molar-refractivity contribution in [2.75, 3.05) is 13.1 Å². The van der Waals surface area contributed by atoms with Crippen molar-refractivity contribution >= 4 is 15.9 Å². The standard InChI is InChI=1S/C18H28N2O3S/c1-13(2)15(4)19-18(21)16-9-11-20(12-10-16)24(22,23)17-7-5-14(3)6-8-17/h5-8,13,15-16H,9-12H2,1-4H3,(H,19,21)/t15-/m1/s1. The number of sulfonamides is 1. The van der Waals surface area contributed by atoms with Gasteiger partial charge in [0.1, 0.15) is 0 Å². The third kappa shape index (κ3) is 4.36. The number of amides is 1. The minimum absolute atomic E-state index is 0.0450. The summed E-state index contributed by atoms with van der Waals surface area (Å²) in [6, 6.07) is 7.04. The highest BCUT2D eigenvalue weighted by molar-refractivity contribution is 7.89. The molecule has 0 radical (unpaired) electrons. The fourth-order valence-corrected chi connectivity index (χ4v) is 4.20. The van der Waals surface area contributed by atoms with Gasteiger partial charge < -0.3 is 5.32 Å². The van der Waals surface area contributed by atoms with Crippen molar-refractivity contribution in [3.05, 3.63) is 29.8 Å². The Balaban J connectivity index is 1.97. The van der Waals surface area contributed by atoms with Gasteiger partial charge in [0.05, 0.1) is 4.90 Å². The lowest BCUT2D eigenvalue weighted by molar-refractivity contribution is -0.127. The van der Waals surface area contributed by atoms with E-state index in [1.54, 1.807) is 24.3 Å². The van der Waals surface area contributed by atoms with Crippen molar-refractivity contribution < 1.29 is 13.2 Å². The molecular weight excluding hydrogens is 324 g/mol. The van der Waals surface area contributed by atoms with Crippen LogP contribution in [0.3, 0.4) is 0 Å². The predicted molar refractivity (Wildman–Crippen MR) is 95.1 cm³/mol. The van der Waals surface area contributed by atoms with Crippen LogP contribution in [0.25, 0.3) is 0 Å². The van der Waals surface area contributed by atoms with Crippen LogP contribution in [0.1, 0.15) is 39.2 Å². The summed E-state index contributed by atoms with van der Waals surface area (Å²) in [5, 5.41) is 3.03. The Bertz CT molecular complexity index is 660. The SMILES string of the molecule is Cc1ccc(S(=O)(=O)N2CCC(C(=O)N[C@H](C)C(C)C)CC2)cc1. The number of carbonyl (C=O) groups excluding carboxylic acids is 1. The Kier molecular flexibility index (Phi) is 6.04. The molecule has 0 unspecified atom stereocenters. The number of benzene rings is 1. The van der Waals surface area contributed by atoms with Gasteiger partial charge in [0.25, 0.3) is 0 Å². The number of piperidine rings is 1. The molecule has 1 atom stereocenters. The van der Waals surface area contributed by atoms with E-state index in [0.717, 1.165) is 5.56 Å². The van der Waals surface area contributed by atoms with Gasteiger partial charge in [-0.05, 0) is 44.7 Å². The maximum Gasteiger partial charge on any atom is 0.243 e. The average Bonchev–Trinajstić information content (AvgIpc) is 2.55. The van der Waals surface area contributed by atoms with Crippen LogP contribution in [-0.2, 0) is 14.8 Å². The average molecular weight is 353 g/mol. The van der Waals surface area contributed by atoms with Crippen molar-refractivity contribution in [2.45, 2.75) is 51.5 Å². The normalized spacial score (nSPS) is 18.5. The summed E-state index contributed by atoms with van der Waals surface area (Å²) in [5.41, 5.74) is 1.03. The molecule has 1 aromatic rings. The highest BCUT2D eigenvalue weighted by Crippen LogP contribution is 2.24. The van der Waals surface area contributed by atoms with Crippen LogP contribution >= 0.6 is 0 Å². The van der Waals surface area contributed by atoms with Crippen molar-refractivity contribution in [1.82, 2.24) is 9.62 Å². The fraction of sp³-hybridized carbons (Fsp3) is 0.611. The number of carbonyl (C=O) groups is 1. The summed E-state index contributed by atoms with van der Waals surface area (Å²) in [6.45, 7) is 8.86. The second-order valence-electron chi connectivity index (χ2n) is 7.03. The third-order valence-electron chi connectivity index (χ3n) is 4.85. The molecule has 1 fully saturated rings. The van der Waals surface area contributed by atoms with Crippen molar-refractivity contribution in [3.63, 3.8) is 0 Å². The lowest BCUT2D eigenvalue weighted by atomic mass is 9.96. The maximum atomic E-state index is 12.7. The summed E-state index contributed by atoms with van der Waals surface area (Å²) in [7, 11) is -3.46. The van der Waals surface area contributed by atoms with Crippen LogP contribution in [0.15, 0.2) is 29.2 Å². The summed E-state index contributed by atoms with van der Waals surface area (Å²) in [5.74, 6) is 0.329. The summed E-state index contributed by atoms with van der Waals surface area (Å²) < 4.78 is 26.8. The Morgan fingerprint density at radius 2 is 1.67 bits per heavy atom. The predicted octanol–water partition coefficient (Wildman–Crippen LogP) is 2.56. The molecule has 1 heterocycles. The van der Waals surface area contributed by atoms with E-state index in [-0.39, 0.29) is 17.9 Å². The quantitative estimate of drug-likeness (QED) is 0.886. The van der Waals surface area contributed by atoms with Gasteiger partial charge in [-0.1, -0.05) is 31.5 Å². The molecule has 0 bridgehead atoms. The lowest BCUT2D eigenvalue weighted by Crippen LogP contribution is -2.45. The van der Waals surface area contributed by atoms with Crippen LogP contribution < -0.4 is 5.32 Å². The van der Waals surface area contributed by atoms with Crippen LogP contribution in [-0.4, -0.2) is 37.8 Å². The molecule has 1 aliphatic heterocycles. The number of aryl methyl sites for hydroxylation is 1. The molecule has 24 heavy (non-hydrogen) atoms. The monoisotopic (exact) mass is 352 g/mol. The number of hydrogen-bond donors (Lipinski definition) is 1. The van der Waals surface area contributed by atoms with Crippen LogP contribution in [0.2, 0.25) is 0 Å². The van der Waals surface area contributed by atoms with Gasteiger partial charge >= 0.3 is 0 Å². The topological polar surface area (TPSA) is 66.5 Å². The van der Waals surface area contributed by atoms with Crippen molar-refractivity contribution in [2.24, 2.45) is 11.8 Å². The zero-order valence-electron chi connectivity index (χ0n) is 15.0. The van der Waals surface area contributed by atoms with E-state index < -0.39 is 10.0 Å². The summed E-state index contributed by atoms with van der Waals surface area (Å²) >= 11 is 0. The Hall–Kier alpha value is -1.40. The van der Waals surface area contributed by atoms with E-state index in [2.05, 4.69) is 19.2 Å². The van der Waals surface area contributed by atoms with Gasteiger partial charge in [0.15, 0.2) is 0 Å². The van der Waals surface area contributed by atoms with E-state index in [9.17, 15) is 13.2 Å². The van der Waals surface area contributed by atoms with Gasteiger partial charge in [-0.25, -0.2) is 8.42 Å². The van der Waals surface area contributed by atoms with Gasteiger partial charge in [0.2, 0.25) is 15.9 Å². The smallest absolute Gasteiger partial charge is 0.243 e. The third-order valence-corrected chi connectivity index (χ3v) is 6.77. The van der Waals surface area contributed by atoms with Crippen LogP contribution in [0.5, 0.6) is 0 Å². The molecule has 0 saturated carbocycles. The molecule has 1 N–H and O–H groups in total. The van der Waals surface area contributed by atoms with Gasteiger partial charge in [-0.2, -0.15) is 4.31 Å².